The van der Waals surface area contributed by atoms with Gasteiger partial charge >= 0.3 is 0 Å². The van der Waals surface area contributed by atoms with Crippen LogP contribution < -0.4 is 5.56 Å². The number of nitrogens with zero attached hydrogens (tertiary/aromatic N) is 3. The fourth-order valence-electron chi connectivity index (χ4n) is 4.49. The number of fused-ring (bicyclic) bond motifs is 1. The number of hydrogen-bond acceptors (Lipinski definition) is 3. The third-order valence-corrected chi connectivity index (χ3v) is 5.77. The number of aryl methyl sites for hydroxylation is 2. The summed E-state index contributed by atoms with van der Waals surface area (Å²) in [4.78, 5) is 27.1. The molecule has 1 saturated heterocycles. The largest absolute Gasteiger partial charge is 0.338 e. The maximum atomic E-state index is 12.7. The minimum Gasteiger partial charge on any atom is -0.338 e. The second kappa shape index (κ2) is 6.10. The monoisotopic (exact) mass is 315 g/mol. The number of carbonyl (C=O) groups is 1. The average Bonchev–Trinajstić information content (AvgIpc) is 3.28. The number of aromatic nitrogens is 2. The summed E-state index contributed by atoms with van der Waals surface area (Å²) in [5, 5.41) is 4.57. The molecule has 2 heterocycles. The van der Waals surface area contributed by atoms with Gasteiger partial charge in [0.2, 0.25) is 5.91 Å². The third kappa shape index (κ3) is 2.81. The molecule has 2 fully saturated rings. The highest BCUT2D eigenvalue weighted by Gasteiger charge is 2.34. The summed E-state index contributed by atoms with van der Waals surface area (Å²) in [5.41, 5.74) is 2.19. The maximum Gasteiger partial charge on any atom is 0.267 e. The lowest BCUT2D eigenvalue weighted by Crippen LogP contribution is -2.43. The van der Waals surface area contributed by atoms with Gasteiger partial charge in [-0.2, -0.15) is 5.10 Å². The molecule has 1 saturated carbocycles. The van der Waals surface area contributed by atoms with E-state index in [1.165, 1.54) is 12.8 Å². The van der Waals surface area contributed by atoms with Crippen molar-refractivity contribution in [2.24, 2.45) is 5.92 Å². The predicted octanol–water partition coefficient (Wildman–Crippen LogP) is 1.91. The second-order valence-corrected chi connectivity index (χ2v) is 7.30. The minimum atomic E-state index is -0.00850. The molecule has 1 aromatic heterocycles. The zero-order chi connectivity index (χ0) is 15.8. The molecule has 1 amide bonds. The fourth-order valence-corrected chi connectivity index (χ4v) is 4.49. The van der Waals surface area contributed by atoms with Gasteiger partial charge in [0.15, 0.2) is 0 Å². The fraction of sp³-hybridized carbons (Fsp3) is 0.722. The van der Waals surface area contributed by atoms with Gasteiger partial charge in [-0.25, -0.2) is 4.68 Å². The van der Waals surface area contributed by atoms with E-state index in [2.05, 4.69) is 5.10 Å². The van der Waals surface area contributed by atoms with Crippen molar-refractivity contribution in [1.82, 2.24) is 14.7 Å². The summed E-state index contributed by atoms with van der Waals surface area (Å²) in [6.45, 7) is 1.41. The number of likely N-dealkylation sites (tertiary alicyclic amines) is 1. The standard InChI is InChI=1S/C18H25N3O2/c22-17-11-14-7-3-9-16(14)19-21(17)12-15-8-4-10-20(15)18(23)13-5-1-2-6-13/h11,13,15H,1-10,12H2. The van der Waals surface area contributed by atoms with Gasteiger partial charge in [0.25, 0.3) is 5.56 Å². The second-order valence-electron chi connectivity index (χ2n) is 7.30. The molecule has 3 aliphatic rings. The molecule has 0 bridgehead atoms. The topological polar surface area (TPSA) is 55.2 Å². The SMILES string of the molecule is O=C(C1CCCC1)N1CCCC1Cn1nc2c(cc1=O)CCC2. The normalized spacial score (nSPS) is 24.3. The first-order chi connectivity index (χ1) is 11.2. The van der Waals surface area contributed by atoms with E-state index in [1.807, 2.05) is 4.90 Å². The highest BCUT2D eigenvalue weighted by Crippen LogP contribution is 2.30. The molecule has 0 spiro atoms. The third-order valence-electron chi connectivity index (χ3n) is 5.77. The first kappa shape index (κ1) is 14.9. The molecule has 2 aliphatic carbocycles. The van der Waals surface area contributed by atoms with Gasteiger partial charge in [-0.15, -0.1) is 0 Å². The van der Waals surface area contributed by atoms with Crippen LogP contribution in [0, 0.1) is 5.92 Å². The van der Waals surface area contributed by atoms with E-state index in [4.69, 9.17) is 0 Å². The minimum absolute atomic E-state index is 0.00850. The summed E-state index contributed by atoms with van der Waals surface area (Å²) < 4.78 is 1.61. The summed E-state index contributed by atoms with van der Waals surface area (Å²) in [5.74, 6) is 0.541. The first-order valence-corrected chi connectivity index (χ1v) is 9.13. The average molecular weight is 315 g/mol. The first-order valence-electron chi connectivity index (χ1n) is 9.13. The molecular weight excluding hydrogens is 290 g/mol. The van der Waals surface area contributed by atoms with E-state index in [0.717, 1.165) is 62.7 Å². The van der Waals surface area contributed by atoms with Crippen molar-refractivity contribution in [3.63, 3.8) is 0 Å². The quantitative estimate of drug-likeness (QED) is 0.856. The molecule has 124 valence electrons. The van der Waals surface area contributed by atoms with E-state index in [9.17, 15) is 9.59 Å². The molecular formula is C18H25N3O2. The Kier molecular flexibility index (Phi) is 3.95. The smallest absolute Gasteiger partial charge is 0.267 e. The van der Waals surface area contributed by atoms with Crippen molar-refractivity contribution < 1.29 is 4.79 Å². The van der Waals surface area contributed by atoms with Crippen molar-refractivity contribution in [3.8, 4) is 0 Å². The van der Waals surface area contributed by atoms with Crippen LogP contribution in [0.3, 0.4) is 0 Å². The zero-order valence-electron chi connectivity index (χ0n) is 13.7. The van der Waals surface area contributed by atoms with Gasteiger partial charge in [0, 0.05) is 18.5 Å². The number of hydrogen-bond donors (Lipinski definition) is 0. The summed E-state index contributed by atoms with van der Waals surface area (Å²) in [6, 6.07) is 1.90. The number of carbonyl (C=O) groups excluding carboxylic acids is 1. The van der Waals surface area contributed by atoms with Crippen molar-refractivity contribution in [3.05, 3.63) is 27.7 Å². The van der Waals surface area contributed by atoms with Gasteiger partial charge in [0.1, 0.15) is 0 Å². The molecule has 4 rings (SSSR count). The molecule has 5 heteroatoms. The molecule has 0 radical (unpaired) electrons. The van der Waals surface area contributed by atoms with E-state index in [0.29, 0.717) is 12.5 Å². The van der Waals surface area contributed by atoms with E-state index in [-0.39, 0.29) is 17.5 Å². The Bertz CT molecular complexity index is 661. The van der Waals surface area contributed by atoms with Crippen molar-refractivity contribution in [2.45, 2.75) is 70.4 Å². The van der Waals surface area contributed by atoms with Crippen LogP contribution in [0.25, 0.3) is 0 Å². The van der Waals surface area contributed by atoms with Gasteiger partial charge in [0.05, 0.1) is 18.3 Å². The molecule has 23 heavy (non-hydrogen) atoms. The van der Waals surface area contributed by atoms with Crippen LogP contribution in [0.5, 0.6) is 0 Å². The van der Waals surface area contributed by atoms with Crippen molar-refractivity contribution in [1.29, 1.82) is 0 Å². The van der Waals surface area contributed by atoms with Crippen LogP contribution in [-0.2, 0) is 24.2 Å². The molecule has 1 unspecified atom stereocenters. The zero-order valence-corrected chi connectivity index (χ0v) is 13.7. The van der Waals surface area contributed by atoms with E-state index < -0.39 is 0 Å². The Morgan fingerprint density at radius 2 is 1.96 bits per heavy atom. The number of rotatable bonds is 3. The van der Waals surface area contributed by atoms with Gasteiger partial charge in [-0.1, -0.05) is 12.8 Å². The van der Waals surface area contributed by atoms with Crippen LogP contribution in [0.1, 0.15) is 56.2 Å². The van der Waals surface area contributed by atoms with Gasteiger partial charge < -0.3 is 4.90 Å². The molecule has 0 aromatic carbocycles. The lowest BCUT2D eigenvalue weighted by Gasteiger charge is -2.27. The summed E-state index contributed by atoms with van der Waals surface area (Å²) in [6.07, 6.45) is 9.53. The van der Waals surface area contributed by atoms with Crippen LogP contribution in [-0.4, -0.2) is 33.2 Å². The molecule has 1 aliphatic heterocycles. The Morgan fingerprint density at radius 3 is 2.78 bits per heavy atom. The molecule has 0 N–H and O–H groups in total. The lowest BCUT2D eigenvalue weighted by atomic mass is 10.1. The van der Waals surface area contributed by atoms with E-state index in [1.54, 1.807) is 10.7 Å². The van der Waals surface area contributed by atoms with Crippen LogP contribution in [0.15, 0.2) is 10.9 Å². The highest BCUT2D eigenvalue weighted by atomic mass is 16.2. The molecule has 1 atom stereocenters. The van der Waals surface area contributed by atoms with Crippen LogP contribution >= 0.6 is 0 Å². The number of amides is 1. The van der Waals surface area contributed by atoms with Gasteiger partial charge in [-0.3, -0.25) is 9.59 Å². The molecule has 5 nitrogen and oxygen atoms in total. The highest BCUT2D eigenvalue weighted by molar-refractivity contribution is 5.79. The Labute approximate surface area is 136 Å². The summed E-state index contributed by atoms with van der Waals surface area (Å²) in [7, 11) is 0. The predicted molar refractivity (Wildman–Crippen MR) is 87.2 cm³/mol. The lowest BCUT2D eigenvalue weighted by molar-refractivity contribution is -0.136. The van der Waals surface area contributed by atoms with Crippen LogP contribution in [0.4, 0.5) is 0 Å². The summed E-state index contributed by atoms with van der Waals surface area (Å²) >= 11 is 0. The Balaban J connectivity index is 1.51. The van der Waals surface area contributed by atoms with E-state index >= 15 is 0 Å². The van der Waals surface area contributed by atoms with Crippen molar-refractivity contribution in [2.75, 3.05) is 6.54 Å². The van der Waals surface area contributed by atoms with Crippen molar-refractivity contribution >= 4 is 5.91 Å². The molecule has 1 aromatic rings. The van der Waals surface area contributed by atoms with Crippen LogP contribution in [0.2, 0.25) is 0 Å². The Hall–Kier alpha value is -1.65. The van der Waals surface area contributed by atoms with Gasteiger partial charge in [-0.05, 0) is 50.5 Å². The Morgan fingerprint density at radius 1 is 1.13 bits per heavy atom. The maximum absolute atomic E-state index is 12.7.